The highest BCUT2D eigenvalue weighted by Crippen LogP contribution is 2.33. The van der Waals surface area contributed by atoms with Crippen LogP contribution in [0.15, 0.2) is 12.2 Å². The zero-order valence-electron chi connectivity index (χ0n) is 48.6. The number of unbranched alkanes of at least 4 members (excludes halogenated alkanes) is 29. The van der Waals surface area contributed by atoms with Gasteiger partial charge in [0.2, 0.25) is 5.91 Å². The minimum Gasteiger partial charge on any atom is -0.394 e. The maximum atomic E-state index is 13.3. The first kappa shape index (κ1) is 71.8. The molecule has 17 atom stereocenters. The molecule has 19 heteroatoms. The van der Waals surface area contributed by atoms with Gasteiger partial charge in [0.15, 0.2) is 18.9 Å². The van der Waals surface area contributed by atoms with Crippen molar-refractivity contribution >= 4 is 5.91 Å². The molecule has 0 bridgehead atoms. The van der Waals surface area contributed by atoms with E-state index < -0.39 is 124 Å². The lowest BCUT2D eigenvalue weighted by molar-refractivity contribution is -0.379. The zero-order chi connectivity index (χ0) is 57.6. The largest absolute Gasteiger partial charge is 0.394 e. The first-order chi connectivity index (χ1) is 38.3. The van der Waals surface area contributed by atoms with E-state index in [9.17, 15) is 61.0 Å². The van der Waals surface area contributed by atoms with Crippen LogP contribution in [-0.4, -0.2) is 193 Å². The minimum absolute atomic E-state index is 0.243. The second kappa shape index (κ2) is 44.1. The van der Waals surface area contributed by atoms with Gasteiger partial charge >= 0.3 is 0 Å². The molecule has 3 aliphatic heterocycles. The number of carbonyl (C=O) groups is 1. The van der Waals surface area contributed by atoms with Crippen molar-refractivity contribution in [3.8, 4) is 0 Å². The van der Waals surface area contributed by atoms with E-state index in [0.717, 1.165) is 44.9 Å². The SMILES string of the molecule is CCCCCCCCCC/C=C\CCCCCCCCCCCCCCCC(=O)NC(COC1OC(CO)C(OC2OC(CO)C(OC3OC(CO)C(O)C(O)C3O)C(O)C2O)C(O)C1O)C(O)CCCCCCCCCCC. The van der Waals surface area contributed by atoms with Crippen LogP contribution in [0.3, 0.4) is 0 Å². The smallest absolute Gasteiger partial charge is 0.220 e. The third-order valence-electron chi connectivity index (χ3n) is 16.1. The summed E-state index contributed by atoms with van der Waals surface area (Å²) in [5.41, 5.74) is 0. The molecule has 0 aromatic carbocycles. The molecule has 17 unspecified atom stereocenters. The number of amides is 1. The molecule has 0 aromatic heterocycles. The minimum atomic E-state index is -1.97. The monoisotopic (exact) mass is 1140 g/mol. The summed E-state index contributed by atoms with van der Waals surface area (Å²) >= 11 is 0. The fourth-order valence-corrected chi connectivity index (χ4v) is 10.9. The summed E-state index contributed by atoms with van der Waals surface area (Å²) in [6, 6.07) is -0.881. The van der Waals surface area contributed by atoms with Gasteiger partial charge < -0.3 is 89.9 Å². The topological polar surface area (TPSA) is 307 Å². The fraction of sp³-hybridized carbons (Fsp3) is 0.950. The van der Waals surface area contributed by atoms with E-state index in [2.05, 4.69) is 31.3 Å². The van der Waals surface area contributed by atoms with Crippen molar-refractivity contribution in [2.45, 2.75) is 336 Å². The Hall–Kier alpha value is -1.47. The number of hydrogen-bond donors (Lipinski definition) is 12. The van der Waals surface area contributed by atoms with Crippen molar-refractivity contribution in [2.24, 2.45) is 0 Å². The molecule has 0 saturated carbocycles. The van der Waals surface area contributed by atoms with Gasteiger partial charge in [-0.2, -0.15) is 0 Å². The molecule has 1 amide bonds. The lowest BCUT2D eigenvalue weighted by Crippen LogP contribution is -2.66. The van der Waals surface area contributed by atoms with E-state index in [0.29, 0.717) is 12.8 Å². The number of carbonyl (C=O) groups excluding carboxylic acids is 1. The molecule has 19 nitrogen and oxygen atoms in total. The predicted molar refractivity (Wildman–Crippen MR) is 300 cm³/mol. The first-order valence-electron chi connectivity index (χ1n) is 31.4. The number of ether oxygens (including phenoxy) is 6. The molecule has 3 fully saturated rings. The number of nitrogens with one attached hydrogen (secondary N) is 1. The van der Waals surface area contributed by atoms with Crippen molar-refractivity contribution in [1.82, 2.24) is 5.32 Å². The van der Waals surface area contributed by atoms with E-state index in [1.807, 2.05) is 0 Å². The number of aliphatic hydroxyl groups is 11. The molecule has 0 radical (unpaired) electrons. The highest BCUT2D eigenvalue weighted by molar-refractivity contribution is 5.76. The predicted octanol–water partition coefficient (Wildman–Crippen LogP) is 6.16. The van der Waals surface area contributed by atoms with Gasteiger partial charge in [-0.25, -0.2) is 0 Å². The molecule has 0 aliphatic carbocycles. The quantitative estimate of drug-likeness (QED) is 0.0240. The standard InChI is InChI=1S/C60H113NO18/c1-3-5-7-9-11-13-14-15-16-17-18-19-20-21-22-23-24-25-26-27-28-30-32-34-36-38-48(66)61-43(44(65)37-35-33-31-29-12-10-8-6-4-2)42-74-58-54(72)51(69)56(46(40-63)76-58)79-60-55(73)52(70)57(47(41-64)77-60)78-59-53(71)50(68)49(67)45(39-62)75-59/h17-18,43-47,49-60,62-65,67-73H,3-16,19-42H2,1-2H3,(H,61,66)/b18-17-. The molecule has 79 heavy (non-hydrogen) atoms. The van der Waals surface area contributed by atoms with Gasteiger partial charge in [0.1, 0.15) is 73.2 Å². The summed E-state index contributed by atoms with van der Waals surface area (Å²) < 4.78 is 34.3. The normalized spacial score (nSPS) is 30.3. The van der Waals surface area contributed by atoms with Gasteiger partial charge in [-0.05, 0) is 38.5 Å². The van der Waals surface area contributed by atoms with Gasteiger partial charge in [0.25, 0.3) is 0 Å². The van der Waals surface area contributed by atoms with Gasteiger partial charge in [-0.1, -0.05) is 199 Å². The van der Waals surface area contributed by atoms with E-state index in [1.54, 1.807) is 0 Å². The van der Waals surface area contributed by atoms with E-state index in [1.165, 1.54) is 154 Å². The number of aliphatic hydroxyl groups excluding tert-OH is 11. The summed E-state index contributed by atoms with van der Waals surface area (Å²) in [7, 11) is 0. The van der Waals surface area contributed by atoms with Gasteiger partial charge in [-0.3, -0.25) is 4.79 Å². The second-order valence-corrected chi connectivity index (χ2v) is 22.9. The molecular formula is C60H113NO18. The molecule has 466 valence electrons. The van der Waals surface area contributed by atoms with Crippen LogP contribution in [0.2, 0.25) is 0 Å². The van der Waals surface area contributed by atoms with Crippen molar-refractivity contribution < 1.29 is 89.4 Å². The highest BCUT2D eigenvalue weighted by atomic mass is 16.8. The van der Waals surface area contributed by atoms with Gasteiger partial charge in [0.05, 0.1) is 38.6 Å². The van der Waals surface area contributed by atoms with Crippen LogP contribution in [0.4, 0.5) is 0 Å². The molecule has 3 saturated heterocycles. The molecule has 0 aromatic rings. The van der Waals surface area contributed by atoms with E-state index in [4.69, 9.17) is 28.4 Å². The fourth-order valence-electron chi connectivity index (χ4n) is 10.9. The Morgan fingerprint density at radius 2 is 0.797 bits per heavy atom. The number of hydrogen-bond acceptors (Lipinski definition) is 18. The van der Waals surface area contributed by atoms with Gasteiger partial charge in [0, 0.05) is 6.42 Å². The van der Waals surface area contributed by atoms with Crippen LogP contribution in [0.5, 0.6) is 0 Å². The average Bonchev–Trinajstić information content (AvgIpc) is 3.47. The van der Waals surface area contributed by atoms with Crippen molar-refractivity contribution in [1.29, 1.82) is 0 Å². The van der Waals surface area contributed by atoms with Gasteiger partial charge in [-0.15, -0.1) is 0 Å². The third kappa shape index (κ3) is 27.9. The molecule has 3 heterocycles. The Morgan fingerprint density at radius 1 is 0.443 bits per heavy atom. The van der Waals surface area contributed by atoms with E-state index >= 15 is 0 Å². The summed E-state index contributed by atoms with van der Waals surface area (Å²) in [6.45, 7) is 1.77. The Labute approximate surface area is 474 Å². The van der Waals surface area contributed by atoms with Crippen LogP contribution in [-0.2, 0) is 33.2 Å². The van der Waals surface area contributed by atoms with Crippen LogP contribution >= 0.6 is 0 Å². The summed E-state index contributed by atoms with van der Waals surface area (Å²) in [6.07, 6.45) is 17.6. The maximum Gasteiger partial charge on any atom is 0.220 e. The molecular weight excluding hydrogens is 1020 g/mol. The summed E-state index contributed by atoms with van der Waals surface area (Å²) in [4.78, 5) is 13.3. The van der Waals surface area contributed by atoms with Crippen LogP contribution in [0.25, 0.3) is 0 Å². The van der Waals surface area contributed by atoms with Crippen molar-refractivity contribution in [2.75, 3.05) is 26.4 Å². The second-order valence-electron chi connectivity index (χ2n) is 22.9. The number of rotatable bonds is 47. The van der Waals surface area contributed by atoms with Crippen LogP contribution < -0.4 is 5.32 Å². The summed E-state index contributed by atoms with van der Waals surface area (Å²) in [5, 5.41) is 120. The van der Waals surface area contributed by atoms with Crippen LogP contribution in [0, 0.1) is 0 Å². The first-order valence-corrected chi connectivity index (χ1v) is 31.4. The molecule has 12 N–H and O–H groups in total. The molecule has 3 rings (SSSR count). The molecule has 0 spiro atoms. The Balaban J connectivity index is 1.40. The highest BCUT2D eigenvalue weighted by Gasteiger charge is 2.53. The maximum absolute atomic E-state index is 13.3. The lowest BCUT2D eigenvalue weighted by Gasteiger charge is -2.48. The Bertz CT molecular complexity index is 1500. The Morgan fingerprint density at radius 3 is 1.23 bits per heavy atom. The van der Waals surface area contributed by atoms with E-state index in [-0.39, 0.29) is 18.9 Å². The Kier molecular flexibility index (Phi) is 40.1. The van der Waals surface area contributed by atoms with Crippen LogP contribution in [0.1, 0.15) is 232 Å². The van der Waals surface area contributed by atoms with Crippen molar-refractivity contribution in [3.05, 3.63) is 12.2 Å². The van der Waals surface area contributed by atoms with Crippen molar-refractivity contribution in [3.63, 3.8) is 0 Å². The third-order valence-corrected chi connectivity index (χ3v) is 16.1. The average molecular weight is 1140 g/mol. The number of allylic oxidation sites excluding steroid dienone is 2. The summed E-state index contributed by atoms with van der Waals surface area (Å²) in [5.74, 6) is -0.243. The molecule has 3 aliphatic rings. The lowest BCUT2D eigenvalue weighted by atomic mass is 9.96. The zero-order valence-corrected chi connectivity index (χ0v) is 48.6.